The number of hydrogen-bond donors (Lipinski definition) is 1. The molecule has 5 nitrogen and oxygen atoms in total. The smallest absolute Gasteiger partial charge is 0.248 e. The van der Waals surface area contributed by atoms with E-state index in [4.69, 9.17) is 28.9 Å². The molecule has 0 bridgehead atoms. The van der Waals surface area contributed by atoms with Crippen LogP contribution in [0.2, 0.25) is 0 Å². The average molecular weight is 356 g/mol. The fourth-order valence-corrected chi connectivity index (χ4v) is 3.68. The van der Waals surface area contributed by atoms with Gasteiger partial charge in [0.05, 0.1) is 5.41 Å². The number of benzene rings is 1. The molecule has 23 heavy (non-hydrogen) atoms. The molecule has 1 aromatic rings. The van der Waals surface area contributed by atoms with Crippen LogP contribution in [0.3, 0.4) is 0 Å². The highest BCUT2D eigenvalue weighted by Crippen LogP contribution is 2.64. The first kappa shape index (κ1) is 16.4. The number of carbonyl (C=O) groups excluding carboxylic acids is 2. The van der Waals surface area contributed by atoms with Crippen LogP contribution < -0.4 is 10.6 Å². The molecular formula is C16H19Cl2N3O2. The summed E-state index contributed by atoms with van der Waals surface area (Å²) in [6.07, 6.45) is 0.511. The van der Waals surface area contributed by atoms with Crippen LogP contribution in [0.4, 0.5) is 5.69 Å². The average Bonchev–Trinajstić information content (AvgIpc) is 3.06. The van der Waals surface area contributed by atoms with Gasteiger partial charge < -0.3 is 15.5 Å². The monoisotopic (exact) mass is 355 g/mol. The van der Waals surface area contributed by atoms with Gasteiger partial charge in [0.15, 0.2) is 0 Å². The van der Waals surface area contributed by atoms with Gasteiger partial charge in [-0.05, 0) is 37.6 Å². The summed E-state index contributed by atoms with van der Waals surface area (Å²) < 4.78 is -0.925. The predicted octanol–water partition coefficient (Wildman–Crippen LogP) is 2.02. The largest absolute Gasteiger partial charge is 0.368 e. The highest BCUT2D eigenvalue weighted by Gasteiger charge is 2.68. The summed E-state index contributed by atoms with van der Waals surface area (Å²) in [4.78, 5) is 27.7. The number of carbonyl (C=O) groups is 2. The lowest BCUT2D eigenvalue weighted by molar-refractivity contribution is -0.136. The van der Waals surface area contributed by atoms with Crippen LogP contribution in [0.5, 0.6) is 0 Å². The Hall–Kier alpha value is -1.46. The van der Waals surface area contributed by atoms with E-state index in [0.717, 1.165) is 18.8 Å². The van der Waals surface area contributed by atoms with Crippen molar-refractivity contribution < 1.29 is 9.59 Å². The third-order valence-corrected chi connectivity index (χ3v) is 5.92. The zero-order valence-corrected chi connectivity index (χ0v) is 14.4. The van der Waals surface area contributed by atoms with Crippen molar-refractivity contribution in [2.24, 2.45) is 11.1 Å². The van der Waals surface area contributed by atoms with Gasteiger partial charge in [-0.25, -0.2) is 0 Å². The number of alkyl halides is 2. The number of hydrogen-bond acceptors (Lipinski definition) is 3. The molecule has 1 saturated carbocycles. The first-order valence-corrected chi connectivity index (χ1v) is 8.32. The molecule has 2 fully saturated rings. The first-order chi connectivity index (χ1) is 10.7. The molecular weight excluding hydrogens is 337 g/mol. The minimum absolute atomic E-state index is 0.0335. The molecule has 1 heterocycles. The number of halogens is 2. The van der Waals surface area contributed by atoms with Gasteiger partial charge in [-0.2, -0.15) is 0 Å². The summed E-state index contributed by atoms with van der Waals surface area (Å²) in [5.41, 5.74) is 6.10. The third-order valence-electron chi connectivity index (χ3n) is 4.81. The summed E-state index contributed by atoms with van der Waals surface area (Å²) in [6, 6.07) is 7.19. The molecule has 2 amide bonds. The van der Waals surface area contributed by atoms with E-state index in [-0.39, 0.29) is 5.91 Å². The van der Waals surface area contributed by atoms with Crippen LogP contribution >= 0.6 is 23.2 Å². The lowest BCUT2D eigenvalue weighted by atomic mass is 10.1. The summed E-state index contributed by atoms with van der Waals surface area (Å²) in [7, 11) is 0. The predicted molar refractivity (Wildman–Crippen MR) is 90.9 cm³/mol. The first-order valence-electron chi connectivity index (χ1n) is 7.57. The van der Waals surface area contributed by atoms with Crippen LogP contribution in [0.25, 0.3) is 0 Å². The Morgan fingerprint density at radius 3 is 2.04 bits per heavy atom. The molecule has 1 aromatic carbocycles. The summed E-state index contributed by atoms with van der Waals surface area (Å²) >= 11 is 12.2. The second-order valence-electron chi connectivity index (χ2n) is 6.40. The Labute approximate surface area is 145 Å². The van der Waals surface area contributed by atoms with Crippen molar-refractivity contribution in [2.45, 2.75) is 17.7 Å². The van der Waals surface area contributed by atoms with Crippen molar-refractivity contribution in [1.82, 2.24) is 4.90 Å². The molecule has 0 spiro atoms. The van der Waals surface area contributed by atoms with E-state index >= 15 is 0 Å². The maximum Gasteiger partial charge on any atom is 0.248 e. The number of amides is 2. The molecule has 1 aliphatic heterocycles. The topological polar surface area (TPSA) is 66.6 Å². The number of piperazine rings is 1. The second kappa shape index (κ2) is 5.56. The van der Waals surface area contributed by atoms with Gasteiger partial charge in [0.1, 0.15) is 4.33 Å². The zero-order chi connectivity index (χ0) is 16.8. The molecule has 124 valence electrons. The van der Waals surface area contributed by atoms with E-state index < -0.39 is 15.7 Å². The minimum Gasteiger partial charge on any atom is -0.368 e. The molecule has 2 aliphatic rings. The van der Waals surface area contributed by atoms with E-state index in [9.17, 15) is 9.59 Å². The van der Waals surface area contributed by atoms with Gasteiger partial charge in [-0.3, -0.25) is 9.59 Å². The highest BCUT2D eigenvalue weighted by molar-refractivity contribution is 6.53. The number of nitrogens with zero attached hydrogens (tertiary/aromatic N) is 2. The zero-order valence-electron chi connectivity index (χ0n) is 12.9. The summed E-state index contributed by atoms with van der Waals surface area (Å²) in [6.45, 7) is 4.56. The van der Waals surface area contributed by atoms with Crippen LogP contribution in [-0.2, 0) is 4.79 Å². The van der Waals surface area contributed by atoms with E-state index in [0.29, 0.717) is 25.1 Å². The van der Waals surface area contributed by atoms with E-state index in [1.54, 1.807) is 12.1 Å². The van der Waals surface area contributed by atoms with Gasteiger partial charge >= 0.3 is 0 Å². The Morgan fingerprint density at radius 1 is 1.09 bits per heavy atom. The van der Waals surface area contributed by atoms with Gasteiger partial charge in [-0.1, -0.05) is 0 Å². The van der Waals surface area contributed by atoms with Crippen molar-refractivity contribution in [3.8, 4) is 0 Å². The molecule has 0 aromatic heterocycles. The maximum atomic E-state index is 12.5. The quantitative estimate of drug-likeness (QED) is 0.843. The van der Waals surface area contributed by atoms with Crippen molar-refractivity contribution in [3.05, 3.63) is 29.8 Å². The lowest BCUT2D eigenvalue weighted by Crippen LogP contribution is -2.51. The Balaban J connectivity index is 1.60. The molecule has 1 unspecified atom stereocenters. The highest BCUT2D eigenvalue weighted by atomic mass is 35.5. The van der Waals surface area contributed by atoms with E-state index in [1.807, 2.05) is 24.0 Å². The minimum atomic E-state index is -0.925. The number of rotatable bonds is 3. The molecule has 1 atom stereocenters. The Morgan fingerprint density at radius 2 is 1.61 bits per heavy atom. The normalized spacial score (nSPS) is 26.0. The van der Waals surface area contributed by atoms with Gasteiger partial charge in [0.2, 0.25) is 11.8 Å². The standard InChI is InChI=1S/C16H19Cl2N3O2/c1-15(10-16(15,17)18)14(23)21-8-6-20(7-9-21)12-4-2-11(3-5-12)13(19)22/h2-5H,6-10H2,1H3,(H2,19,22). The van der Waals surface area contributed by atoms with Crippen LogP contribution in [0.15, 0.2) is 24.3 Å². The SMILES string of the molecule is CC1(C(=O)N2CCN(c3ccc(C(N)=O)cc3)CC2)CC1(Cl)Cl. The number of primary amides is 1. The second-order valence-corrected chi connectivity index (χ2v) is 7.89. The fraction of sp³-hybridized carbons (Fsp3) is 0.500. The van der Waals surface area contributed by atoms with Crippen LogP contribution in [0.1, 0.15) is 23.7 Å². The van der Waals surface area contributed by atoms with E-state index in [2.05, 4.69) is 4.90 Å². The van der Waals surface area contributed by atoms with E-state index in [1.165, 1.54) is 0 Å². The van der Waals surface area contributed by atoms with Crippen molar-refractivity contribution >= 4 is 40.7 Å². The number of nitrogens with two attached hydrogens (primary N) is 1. The maximum absolute atomic E-state index is 12.5. The number of anilines is 1. The summed E-state index contributed by atoms with van der Waals surface area (Å²) in [5.74, 6) is -0.401. The van der Waals surface area contributed by atoms with Crippen molar-refractivity contribution in [2.75, 3.05) is 31.1 Å². The molecule has 0 radical (unpaired) electrons. The Kier molecular flexibility index (Phi) is 3.97. The van der Waals surface area contributed by atoms with Gasteiger partial charge in [0.25, 0.3) is 0 Å². The van der Waals surface area contributed by atoms with Crippen LogP contribution in [0, 0.1) is 5.41 Å². The van der Waals surface area contributed by atoms with Crippen molar-refractivity contribution in [3.63, 3.8) is 0 Å². The lowest BCUT2D eigenvalue weighted by Gasteiger charge is -2.37. The molecule has 1 aliphatic carbocycles. The van der Waals surface area contributed by atoms with Gasteiger partial charge in [0, 0.05) is 37.4 Å². The fourth-order valence-electron chi connectivity index (χ4n) is 2.99. The Bertz CT molecular complexity index is 639. The third kappa shape index (κ3) is 2.88. The molecule has 2 N–H and O–H groups in total. The molecule has 1 saturated heterocycles. The molecule has 3 rings (SSSR count). The van der Waals surface area contributed by atoms with Crippen LogP contribution in [-0.4, -0.2) is 47.2 Å². The van der Waals surface area contributed by atoms with Gasteiger partial charge in [-0.15, -0.1) is 23.2 Å². The molecule has 7 heteroatoms. The van der Waals surface area contributed by atoms with Crippen molar-refractivity contribution in [1.29, 1.82) is 0 Å². The summed E-state index contributed by atoms with van der Waals surface area (Å²) in [5, 5.41) is 0.